The zero-order chi connectivity index (χ0) is 19.2. The minimum atomic E-state index is 0. The second kappa shape index (κ2) is 11.2. The Bertz CT molecular complexity index is 640. The van der Waals surface area contributed by atoms with Gasteiger partial charge in [0, 0.05) is 51.5 Å². The molecule has 1 N–H and O–H groups in total. The van der Waals surface area contributed by atoms with Crippen LogP contribution in [0.5, 0.6) is 0 Å². The summed E-state index contributed by atoms with van der Waals surface area (Å²) in [6.07, 6.45) is 2.62. The SMILES string of the molecule is CCNC(=NCC1CCCN(C)C1)N1CCN(c2cccc(C)c2C)CC1.I. The predicted octanol–water partition coefficient (Wildman–Crippen LogP) is 3.35. The van der Waals surface area contributed by atoms with Crippen LogP contribution in [0.1, 0.15) is 30.9 Å². The summed E-state index contributed by atoms with van der Waals surface area (Å²) < 4.78 is 0. The van der Waals surface area contributed by atoms with Crippen molar-refractivity contribution in [3.05, 3.63) is 29.3 Å². The molecule has 3 rings (SSSR count). The standard InChI is InChI=1S/C22H37N5.HI/c1-5-23-22(24-16-20-9-7-11-25(4)17-20)27-14-12-26(13-15-27)21-10-6-8-18(2)19(21)3;/h6,8,10,20H,5,7,9,11-17H2,1-4H3,(H,23,24);1H. The Morgan fingerprint density at radius 1 is 1.14 bits per heavy atom. The van der Waals surface area contributed by atoms with E-state index in [1.54, 1.807) is 0 Å². The van der Waals surface area contributed by atoms with Gasteiger partial charge < -0.3 is 20.0 Å². The van der Waals surface area contributed by atoms with Gasteiger partial charge in [0.15, 0.2) is 5.96 Å². The molecule has 0 saturated carbocycles. The molecular weight excluding hydrogens is 461 g/mol. The topological polar surface area (TPSA) is 34.1 Å². The van der Waals surface area contributed by atoms with Crippen LogP contribution >= 0.6 is 24.0 Å². The van der Waals surface area contributed by atoms with Crippen molar-refractivity contribution in [2.75, 3.05) is 64.3 Å². The second-order valence-corrected chi connectivity index (χ2v) is 8.16. The minimum absolute atomic E-state index is 0. The maximum atomic E-state index is 5.01. The van der Waals surface area contributed by atoms with Crippen molar-refractivity contribution in [2.24, 2.45) is 10.9 Å². The first-order chi connectivity index (χ1) is 13.1. The van der Waals surface area contributed by atoms with Gasteiger partial charge in [-0.2, -0.15) is 0 Å². The van der Waals surface area contributed by atoms with Gasteiger partial charge in [0.05, 0.1) is 0 Å². The van der Waals surface area contributed by atoms with Crippen LogP contribution in [0.15, 0.2) is 23.2 Å². The van der Waals surface area contributed by atoms with E-state index in [-0.39, 0.29) is 24.0 Å². The number of piperidine rings is 1. The Kier molecular flexibility index (Phi) is 9.34. The summed E-state index contributed by atoms with van der Waals surface area (Å²) in [5, 5.41) is 3.52. The highest BCUT2D eigenvalue weighted by Gasteiger charge is 2.22. The minimum Gasteiger partial charge on any atom is -0.368 e. The molecule has 0 amide bonds. The van der Waals surface area contributed by atoms with Crippen LogP contribution in [0.25, 0.3) is 0 Å². The van der Waals surface area contributed by atoms with Gasteiger partial charge in [-0.3, -0.25) is 4.99 Å². The fourth-order valence-corrected chi connectivity index (χ4v) is 4.30. The van der Waals surface area contributed by atoms with Crippen LogP contribution in [-0.4, -0.2) is 75.2 Å². The highest BCUT2D eigenvalue weighted by atomic mass is 127. The fourth-order valence-electron chi connectivity index (χ4n) is 4.30. The lowest BCUT2D eigenvalue weighted by molar-refractivity contribution is 0.214. The molecule has 0 spiro atoms. The summed E-state index contributed by atoms with van der Waals surface area (Å²) in [5.41, 5.74) is 4.18. The molecule has 0 radical (unpaired) electrons. The van der Waals surface area contributed by atoms with Gasteiger partial charge in [-0.05, 0) is 70.3 Å². The number of nitrogens with one attached hydrogen (secondary N) is 1. The summed E-state index contributed by atoms with van der Waals surface area (Å²) in [6.45, 7) is 15.1. The first-order valence-electron chi connectivity index (χ1n) is 10.6. The highest BCUT2D eigenvalue weighted by Crippen LogP contribution is 2.24. The number of piperazine rings is 1. The zero-order valence-electron chi connectivity index (χ0n) is 18.1. The average molecular weight is 499 g/mol. The van der Waals surface area contributed by atoms with Gasteiger partial charge in [-0.25, -0.2) is 0 Å². The lowest BCUT2D eigenvalue weighted by Crippen LogP contribution is -2.53. The Balaban J connectivity index is 0.00000280. The Morgan fingerprint density at radius 3 is 2.57 bits per heavy atom. The van der Waals surface area contributed by atoms with Gasteiger partial charge in [0.25, 0.3) is 0 Å². The quantitative estimate of drug-likeness (QED) is 0.392. The molecule has 5 nitrogen and oxygen atoms in total. The van der Waals surface area contributed by atoms with E-state index in [0.717, 1.165) is 45.2 Å². The predicted molar refractivity (Wildman–Crippen MR) is 131 cm³/mol. The number of anilines is 1. The molecule has 2 aliphatic rings. The summed E-state index contributed by atoms with van der Waals surface area (Å²) in [6, 6.07) is 6.64. The van der Waals surface area contributed by atoms with Crippen LogP contribution in [0, 0.1) is 19.8 Å². The maximum absolute atomic E-state index is 5.01. The molecule has 1 atom stereocenters. The van der Waals surface area contributed by atoms with Crippen LogP contribution < -0.4 is 10.2 Å². The number of halogens is 1. The van der Waals surface area contributed by atoms with E-state index in [1.807, 2.05) is 0 Å². The molecule has 0 aromatic heterocycles. The molecule has 28 heavy (non-hydrogen) atoms. The number of guanidine groups is 1. The van der Waals surface area contributed by atoms with Crippen LogP contribution in [-0.2, 0) is 0 Å². The number of likely N-dealkylation sites (tertiary alicyclic amines) is 1. The lowest BCUT2D eigenvalue weighted by Gasteiger charge is -2.38. The molecular formula is C22H38IN5. The third-order valence-corrected chi connectivity index (χ3v) is 6.05. The first kappa shape index (κ1) is 23.3. The molecule has 1 unspecified atom stereocenters. The number of rotatable bonds is 4. The van der Waals surface area contributed by atoms with Crippen molar-refractivity contribution in [3.63, 3.8) is 0 Å². The number of aryl methyl sites for hydroxylation is 1. The first-order valence-corrected chi connectivity index (χ1v) is 10.6. The van der Waals surface area contributed by atoms with Crippen molar-refractivity contribution in [1.82, 2.24) is 15.1 Å². The van der Waals surface area contributed by atoms with Gasteiger partial charge in [-0.1, -0.05) is 12.1 Å². The smallest absolute Gasteiger partial charge is 0.194 e. The van der Waals surface area contributed by atoms with Gasteiger partial charge in [-0.15, -0.1) is 24.0 Å². The van der Waals surface area contributed by atoms with Crippen molar-refractivity contribution in [2.45, 2.75) is 33.6 Å². The largest absolute Gasteiger partial charge is 0.368 e. The highest BCUT2D eigenvalue weighted by molar-refractivity contribution is 14.0. The summed E-state index contributed by atoms with van der Waals surface area (Å²) in [5.74, 6) is 1.81. The van der Waals surface area contributed by atoms with Crippen molar-refractivity contribution < 1.29 is 0 Å². The molecule has 1 aromatic carbocycles. The van der Waals surface area contributed by atoms with E-state index in [2.05, 4.69) is 66.0 Å². The normalized spacial score (nSPS) is 21.4. The third kappa shape index (κ3) is 5.99. The average Bonchev–Trinajstić information content (AvgIpc) is 2.68. The summed E-state index contributed by atoms with van der Waals surface area (Å²) >= 11 is 0. The Morgan fingerprint density at radius 2 is 1.89 bits per heavy atom. The van der Waals surface area contributed by atoms with Crippen LogP contribution in [0.4, 0.5) is 5.69 Å². The summed E-state index contributed by atoms with van der Waals surface area (Å²) in [7, 11) is 2.23. The van der Waals surface area contributed by atoms with Gasteiger partial charge in [0.2, 0.25) is 0 Å². The lowest BCUT2D eigenvalue weighted by atomic mass is 9.99. The molecule has 2 saturated heterocycles. The molecule has 6 heteroatoms. The molecule has 2 aliphatic heterocycles. The number of hydrogen-bond donors (Lipinski definition) is 1. The van der Waals surface area contributed by atoms with Crippen molar-refractivity contribution >= 4 is 35.6 Å². The van der Waals surface area contributed by atoms with Crippen LogP contribution in [0.2, 0.25) is 0 Å². The fraction of sp³-hybridized carbons (Fsp3) is 0.682. The molecule has 2 fully saturated rings. The van der Waals surface area contributed by atoms with E-state index in [1.165, 1.54) is 42.7 Å². The Hall–Kier alpha value is -1.02. The van der Waals surface area contributed by atoms with E-state index >= 15 is 0 Å². The maximum Gasteiger partial charge on any atom is 0.194 e. The van der Waals surface area contributed by atoms with Crippen molar-refractivity contribution in [1.29, 1.82) is 0 Å². The molecule has 2 heterocycles. The monoisotopic (exact) mass is 499 g/mol. The number of benzene rings is 1. The van der Waals surface area contributed by atoms with E-state index < -0.39 is 0 Å². The molecule has 158 valence electrons. The van der Waals surface area contributed by atoms with E-state index in [0.29, 0.717) is 5.92 Å². The Labute approximate surface area is 188 Å². The summed E-state index contributed by atoms with van der Waals surface area (Å²) in [4.78, 5) is 12.4. The van der Waals surface area contributed by atoms with E-state index in [9.17, 15) is 0 Å². The number of hydrogen-bond acceptors (Lipinski definition) is 3. The third-order valence-electron chi connectivity index (χ3n) is 6.05. The molecule has 0 aliphatic carbocycles. The number of aliphatic imine (C=N–C) groups is 1. The second-order valence-electron chi connectivity index (χ2n) is 8.16. The van der Waals surface area contributed by atoms with Gasteiger partial charge >= 0.3 is 0 Å². The van der Waals surface area contributed by atoms with Crippen LogP contribution in [0.3, 0.4) is 0 Å². The van der Waals surface area contributed by atoms with Gasteiger partial charge in [0.1, 0.15) is 0 Å². The molecule has 1 aromatic rings. The van der Waals surface area contributed by atoms with E-state index in [4.69, 9.17) is 4.99 Å². The van der Waals surface area contributed by atoms with Crippen molar-refractivity contribution in [3.8, 4) is 0 Å². The molecule has 0 bridgehead atoms. The number of nitrogens with zero attached hydrogens (tertiary/aromatic N) is 4. The zero-order valence-corrected chi connectivity index (χ0v) is 20.4.